The van der Waals surface area contributed by atoms with Crippen LogP contribution in [0.25, 0.3) is 0 Å². The van der Waals surface area contributed by atoms with Crippen molar-refractivity contribution in [1.82, 2.24) is 0 Å². The lowest BCUT2D eigenvalue weighted by Gasteiger charge is -2.35. The number of hydrogen-bond acceptors (Lipinski definition) is 7. The molecule has 0 aromatic heterocycles. The first-order valence-corrected chi connectivity index (χ1v) is 13.2. The average molecular weight is 543 g/mol. The van der Waals surface area contributed by atoms with Crippen LogP contribution in [0, 0.1) is 0 Å². The molecular formula is C33H34O7. The smallest absolute Gasteiger partial charge is 0.508 e. The Bertz CT molecular complexity index is 1190. The summed E-state index contributed by atoms with van der Waals surface area (Å²) < 4.78 is 11.5. The zero-order valence-corrected chi connectivity index (χ0v) is 22.6. The van der Waals surface area contributed by atoms with Crippen LogP contribution in [0.2, 0.25) is 0 Å². The number of carbonyl (C=O) groups is 1. The Morgan fingerprint density at radius 1 is 0.500 bits per heavy atom. The van der Waals surface area contributed by atoms with Gasteiger partial charge < -0.3 is 29.9 Å². The molecule has 0 fully saturated rings. The van der Waals surface area contributed by atoms with Gasteiger partial charge in [0.15, 0.2) is 0 Å². The highest BCUT2D eigenvalue weighted by Gasteiger charge is 2.37. The lowest BCUT2D eigenvalue weighted by atomic mass is 9.73. The molecule has 0 aliphatic carbocycles. The lowest BCUT2D eigenvalue weighted by Crippen LogP contribution is -2.36. The Morgan fingerprint density at radius 2 is 0.725 bits per heavy atom. The van der Waals surface area contributed by atoms with Crippen molar-refractivity contribution in [3.63, 3.8) is 0 Å². The summed E-state index contributed by atoms with van der Waals surface area (Å²) in [5.74, 6) is 0.497. The Hall–Kier alpha value is -4.65. The number of phenolic OH excluding ortho intramolecular Hbond substituents is 4. The summed E-state index contributed by atoms with van der Waals surface area (Å²) in [5.41, 5.74) is 1.83. The molecule has 0 spiro atoms. The average Bonchev–Trinajstić information content (AvgIpc) is 2.97. The fraction of sp³-hybridized carbons (Fsp3) is 0.242. The molecule has 0 heterocycles. The highest BCUT2D eigenvalue weighted by molar-refractivity contribution is 5.61. The van der Waals surface area contributed by atoms with Crippen molar-refractivity contribution in [2.75, 3.05) is 13.2 Å². The van der Waals surface area contributed by atoms with Crippen LogP contribution in [-0.4, -0.2) is 39.8 Å². The van der Waals surface area contributed by atoms with Crippen molar-refractivity contribution >= 4 is 6.16 Å². The molecular weight excluding hydrogens is 508 g/mol. The van der Waals surface area contributed by atoms with E-state index < -0.39 is 17.0 Å². The van der Waals surface area contributed by atoms with Gasteiger partial charge in [0, 0.05) is 0 Å². The summed E-state index contributed by atoms with van der Waals surface area (Å²) in [6.07, 6.45) is 0.289. The fourth-order valence-electron chi connectivity index (χ4n) is 5.22. The zero-order chi connectivity index (χ0) is 28.8. The molecule has 40 heavy (non-hydrogen) atoms. The monoisotopic (exact) mass is 542 g/mol. The van der Waals surface area contributed by atoms with Crippen molar-refractivity contribution < 1.29 is 34.7 Å². The van der Waals surface area contributed by atoms with E-state index in [0.29, 0.717) is 12.8 Å². The minimum atomic E-state index is -0.842. The number of benzene rings is 4. The van der Waals surface area contributed by atoms with Crippen molar-refractivity contribution in [2.45, 2.75) is 37.5 Å². The summed E-state index contributed by atoms with van der Waals surface area (Å²) in [6.45, 7) is 3.89. The Balaban J connectivity index is 1.60. The zero-order valence-electron chi connectivity index (χ0n) is 22.6. The maximum absolute atomic E-state index is 13.1. The molecule has 4 aromatic carbocycles. The second kappa shape index (κ2) is 12.0. The highest BCUT2D eigenvalue weighted by atomic mass is 16.7. The predicted molar refractivity (Wildman–Crippen MR) is 152 cm³/mol. The van der Waals surface area contributed by atoms with Gasteiger partial charge in [-0.25, -0.2) is 4.79 Å². The SMILES string of the molecule is CCC(COC(=O)OCC(CC)(c1ccc(O)cc1)c1ccc(O)cc1)(c1ccc(O)cc1)c1ccc(O)cc1. The molecule has 7 nitrogen and oxygen atoms in total. The van der Waals surface area contributed by atoms with Crippen molar-refractivity contribution in [3.8, 4) is 23.0 Å². The van der Waals surface area contributed by atoms with Gasteiger partial charge in [-0.05, 0) is 83.6 Å². The molecule has 4 aromatic rings. The number of ether oxygens (including phenoxy) is 2. The molecule has 0 unspecified atom stereocenters. The predicted octanol–water partition coefficient (Wildman–Crippen LogP) is 6.75. The maximum atomic E-state index is 13.1. The van der Waals surface area contributed by atoms with Gasteiger partial charge in [0.25, 0.3) is 0 Å². The van der Waals surface area contributed by atoms with Gasteiger partial charge in [-0.15, -0.1) is 0 Å². The highest BCUT2D eigenvalue weighted by Crippen LogP contribution is 2.39. The van der Waals surface area contributed by atoms with E-state index >= 15 is 0 Å². The van der Waals surface area contributed by atoms with Crippen molar-refractivity contribution in [3.05, 3.63) is 119 Å². The van der Waals surface area contributed by atoms with E-state index in [9.17, 15) is 25.2 Å². The van der Waals surface area contributed by atoms with Gasteiger partial charge >= 0.3 is 6.16 Å². The minimum absolute atomic E-state index is 0.0323. The molecule has 4 N–H and O–H groups in total. The number of aromatic hydroxyl groups is 4. The van der Waals surface area contributed by atoms with Crippen LogP contribution in [-0.2, 0) is 20.3 Å². The Morgan fingerprint density at radius 3 is 0.925 bits per heavy atom. The van der Waals surface area contributed by atoms with E-state index in [4.69, 9.17) is 9.47 Å². The van der Waals surface area contributed by atoms with Gasteiger partial charge in [-0.1, -0.05) is 62.4 Å². The van der Waals surface area contributed by atoms with E-state index in [2.05, 4.69) is 0 Å². The molecule has 0 aliphatic rings. The van der Waals surface area contributed by atoms with Crippen LogP contribution in [0.1, 0.15) is 48.9 Å². The maximum Gasteiger partial charge on any atom is 0.508 e. The third kappa shape index (κ3) is 5.83. The minimum Gasteiger partial charge on any atom is -0.508 e. The third-order valence-electron chi connectivity index (χ3n) is 7.76. The van der Waals surface area contributed by atoms with Crippen LogP contribution in [0.5, 0.6) is 23.0 Å². The van der Waals surface area contributed by atoms with Gasteiger partial charge in [0.2, 0.25) is 0 Å². The number of phenols is 4. The normalized spacial score (nSPS) is 11.7. The third-order valence-corrected chi connectivity index (χ3v) is 7.76. The molecule has 0 saturated heterocycles. The van der Waals surface area contributed by atoms with E-state index in [1.165, 1.54) is 0 Å². The van der Waals surface area contributed by atoms with Gasteiger partial charge in [0.1, 0.15) is 36.2 Å². The molecule has 0 aliphatic heterocycles. The molecule has 4 rings (SSSR count). The van der Waals surface area contributed by atoms with Gasteiger partial charge in [-0.3, -0.25) is 0 Å². The Kier molecular flexibility index (Phi) is 8.53. The standard InChI is InChI=1S/C33H34O7/c1-3-32(23-5-13-27(34)14-6-23,24-7-15-28(35)16-8-24)21-39-31(38)40-22-33(4-2,25-9-17-29(36)18-10-25)26-11-19-30(37)20-12-26/h5-20,34-37H,3-4,21-22H2,1-2H3. The summed E-state index contributed by atoms with van der Waals surface area (Å²) in [4.78, 5) is 13.1. The molecule has 0 radical (unpaired) electrons. The topological polar surface area (TPSA) is 116 Å². The summed E-state index contributed by atoms with van der Waals surface area (Å²) in [6, 6.07) is 27.0. The number of hydrogen-bond donors (Lipinski definition) is 4. The van der Waals surface area contributed by atoms with E-state index in [1.807, 2.05) is 13.8 Å². The summed E-state index contributed by atoms with van der Waals surface area (Å²) >= 11 is 0. The van der Waals surface area contributed by atoms with Crippen molar-refractivity contribution in [1.29, 1.82) is 0 Å². The number of rotatable bonds is 10. The first-order chi connectivity index (χ1) is 19.2. The number of carbonyl (C=O) groups excluding carboxylic acids is 1. The van der Waals surface area contributed by atoms with Gasteiger partial charge in [0.05, 0.1) is 10.8 Å². The van der Waals surface area contributed by atoms with Crippen LogP contribution in [0.15, 0.2) is 97.1 Å². The van der Waals surface area contributed by atoms with Crippen LogP contribution >= 0.6 is 0 Å². The molecule has 208 valence electrons. The van der Waals surface area contributed by atoms with Gasteiger partial charge in [-0.2, -0.15) is 0 Å². The Labute approximate surface area is 233 Å². The lowest BCUT2D eigenvalue weighted by molar-refractivity contribution is 0.0312. The second-order valence-electron chi connectivity index (χ2n) is 9.89. The molecule has 7 heteroatoms. The van der Waals surface area contributed by atoms with Crippen LogP contribution < -0.4 is 0 Å². The quantitative estimate of drug-likeness (QED) is 0.164. The first-order valence-electron chi connectivity index (χ1n) is 13.2. The summed E-state index contributed by atoms with van der Waals surface area (Å²) in [7, 11) is 0. The fourth-order valence-corrected chi connectivity index (χ4v) is 5.22. The molecule has 0 amide bonds. The summed E-state index contributed by atoms with van der Waals surface area (Å²) in [5, 5.41) is 39.4. The largest absolute Gasteiger partial charge is 0.508 e. The molecule has 0 bridgehead atoms. The van der Waals surface area contributed by atoms with Crippen LogP contribution in [0.4, 0.5) is 4.79 Å². The first kappa shape index (κ1) is 28.4. The molecule has 0 atom stereocenters. The van der Waals surface area contributed by atoms with E-state index in [-0.39, 0.29) is 36.2 Å². The van der Waals surface area contributed by atoms with Crippen LogP contribution in [0.3, 0.4) is 0 Å². The van der Waals surface area contributed by atoms with E-state index in [0.717, 1.165) is 22.3 Å². The second-order valence-corrected chi connectivity index (χ2v) is 9.89. The molecule has 0 saturated carbocycles. The van der Waals surface area contributed by atoms with Crippen molar-refractivity contribution in [2.24, 2.45) is 0 Å². The van der Waals surface area contributed by atoms with E-state index in [1.54, 1.807) is 97.1 Å².